The van der Waals surface area contributed by atoms with Crippen LogP contribution >= 0.6 is 0 Å². The molecule has 4 nitrogen and oxygen atoms in total. The minimum absolute atomic E-state index is 0.101. The molecule has 2 rings (SSSR count). The molecular weight excluding hydrogens is 254 g/mol. The molecule has 0 aromatic heterocycles. The molecule has 1 unspecified atom stereocenters. The third-order valence-electron chi connectivity index (χ3n) is 4.70. The zero-order valence-electron chi connectivity index (χ0n) is 12.8. The molecule has 1 amide bonds. The molecule has 2 aliphatic rings. The Morgan fingerprint density at radius 1 is 1.20 bits per heavy atom. The Labute approximate surface area is 121 Å². The monoisotopic (exact) mass is 281 g/mol. The van der Waals surface area contributed by atoms with Crippen molar-refractivity contribution in [3.8, 4) is 0 Å². The highest BCUT2D eigenvalue weighted by molar-refractivity contribution is 5.85. The molecule has 2 fully saturated rings. The third-order valence-corrected chi connectivity index (χ3v) is 4.70. The summed E-state index contributed by atoms with van der Waals surface area (Å²) in [6.45, 7) is 7.08. The van der Waals surface area contributed by atoms with Crippen LogP contribution in [-0.2, 0) is 9.59 Å². The van der Waals surface area contributed by atoms with E-state index in [4.69, 9.17) is 0 Å². The zero-order chi connectivity index (χ0) is 14.9. The van der Waals surface area contributed by atoms with Crippen molar-refractivity contribution in [2.45, 2.75) is 58.9 Å². The topological polar surface area (TPSA) is 57.6 Å². The van der Waals surface area contributed by atoms with Crippen LogP contribution in [0, 0.1) is 23.7 Å². The fraction of sp³-hybridized carbons (Fsp3) is 0.875. The lowest BCUT2D eigenvalue weighted by Gasteiger charge is -2.28. The molecule has 20 heavy (non-hydrogen) atoms. The summed E-state index contributed by atoms with van der Waals surface area (Å²) in [5.74, 6) is -0.627. The molecule has 0 aliphatic heterocycles. The summed E-state index contributed by atoms with van der Waals surface area (Å²) < 4.78 is 0. The van der Waals surface area contributed by atoms with Gasteiger partial charge in [0.1, 0.15) is 0 Å². The summed E-state index contributed by atoms with van der Waals surface area (Å²) in [6, 6.07) is 0.375. The van der Waals surface area contributed by atoms with E-state index in [9.17, 15) is 14.7 Å². The van der Waals surface area contributed by atoms with E-state index in [0.29, 0.717) is 24.3 Å². The quantitative estimate of drug-likeness (QED) is 0.814. The van der Waals surface area contributed by atoms with Gasteiger partial charge in [0.25, 0.3) is 0 Å². The Balaban J connectivity index is 2.10. The maximum absolute atomic E-state index is 12.8. The van der Waals surface area contributed by atoms with Gasteiger partial charge in [0.05, 0.1) is 11.8 Å². The summed E-state index contributed by atoms with van der Waals surface area (Å²) in [4.78, 5) is 26.2. The number of carbonyl (C=O) groups is 2. The average Bonchev–Trinajstić information content (AvgIpc) is 3.12. The zero-order valence-corrected chi connectivity index (χ0v) is 12.8. The van der Waals surface area contributed by atoms with E-state index in [2.05, 4.69) is 20.8 Å². The van der Waals surface area contributed by atoms with E-state index in [1.807, 2.05) is 4.90 Å². The predicted molar refractivity (Wildman–Crippen MR) is 77.2 cm³/mol. The normalized spacial score (nSPS) is 29.7. The molecular formula is C16H27NO3. The van der Waals surface area contributed by atoms with Crippen LogP contribution in [0.25, 0.3) is 0 Å². The molecule has 0 bridgehead atoms. The summed E-state index contributed by atoms with van der Waals surface area (Å²) >= 11 is 0. The second-order valence-electron chi connectivity index (χ2n) is 6.91. The molecule has 4 heteroatoms. The molecule has 3 atom stereocenters. The van der Waals surface area contributed by atoms with Crippen molar-refractivity contribution < 1.29 is 14.7 Å². The van der Waals surface area contributed by atoms with Crippen molar-refractivity contribution in [1.29, 1.82) is 0 Å². The molecule has 2 saturated carbocycles. The maximum Gasteiger partial charge on any atom is 0.307 e. The molecule has 2 aliphatic carbocycles. The molecule has 0 spiro atoms. The first-order valence-electron chi connectivity index (χ1n) is 7.97. The Hall–Kier alpha value is -1.06. The Bertz CT molecular complexity index is 376. The van der Waals surface area contributed by atoms with Crippen molar-refractivity contribution in [3.63, 3.8) is 0 Å². The lowest BCUT2D eigenvalue weighted by Crippen LogP contribution is -2.42. The van der Waals surface area contributed by atoms with Crippen molar-refractivity contribution >= 4 is 11.9 Å². The number of carboxylic acid groups (broad SMARTS) is 1. The standard InChI is InChI=1S/C16H27NO3/c1-4-11-7-13(14(8-11)16(19)20)15(18)17(9-10(2)3)12-5-6-12/h10-14H,4-9H2,1-3H3,(H,19,20)/t11?,13-,14+/m0/s1. The Kier molecular flexibility index (Phi) is 4.71. The van der Waals surface area contributed by atoms with Crippen LogP contribution in [0.3, 0.4) is 0 Å². The van der Waals surface area contributed by atoms with Gasteiger partial charge in [-0.05, 0) is 37.5 Å². The van der Waals surface area contributed by atoms with E-state index in [1.54, 1.807) is 0 Å². The first-order valence-corrected chi connectivity index (χ1v) is 7.97. The van der Waals surface area contributed by atoms with Gasteiger partial charge in [0.2, 0.25) is 5.91 Å². The van der Waals surface area contributed by atoms with Crippen LogP contribution in [0.4, 0.5) is 0 Å². The molecule has 0 aromatic rings. The van der Waals surface area contributed by atoms with Gasteiger partial charge < -0.3 is 10.0 Å². The van der Waals surface area contributed by atoms with Gasteiger partial charge in [-0.15, -0.1) is 0 Å². The highest BCUT2D eigenvalue weighted by Gasteiger charge is 2.46. The van der Waals surface area contributed by atoms with Gasteiger partial charge in [0, 0.05) is 12.6 Å². The van der Waals surface area contributed by atoms with Gasteiger partial charge in [-0.25, -0.2) is 0 Å². The molecule has 0 aromatic carbocycles. The molecule has 1 N–H and O–H groups in total. The second kappa shape index (κ2) is 6.15. The number of hydrogen-bond acceptors (Lipinski definition) is 2. The maximum atomic E-state index is 12.8. The van der Waals surface area contributed by atoms with E-state index < -0.39 is 11.9 Å². The third kappa shape index (κ3) is 3.33. The van der Waals surface area contributed by atoms with Crippen LogP contribution in [0.5, 0.6) is 0 Å². The summed E-state index contributed by atoms with van der Waals surface area (Å²) in [5, 5.41) is 9.39. The highest BCUT2D eigenvalue weighted by atomic mass is 16.4. The smallest absolute Gasteiger partial charge is 0.307 e. The number of carboxylic acids is 1. The highest BCUT2D eigenvalue weighted by Crippen LogP contribution is 2.41. The lowest BCUT2D eigenvalue weighted by molar-refractivity contribution is -0.149. The van der Waals surface area contributed by atoms with Crippen molar-refractivity contribution in [1.82, 2.24) is 4.90 Å². The number of nitrogens with zero attached hydrogens (tertiary/aromatic N) is 1. The molecule has 0 heterocycles. The average molecular weight is 281 g/mol. The number of carbonyl (C=O) groups excluding carboxylic acids is 1. The van der Waals surface area contributed by atoms with Gasteiger partial charge >= 0.3 is 5.97 Å². The Morgan fingerprint density at radius 2 is 1.80 bits per heavy atom. The molecule has 0 saturated heterocycles. The van der Waals surface area contributed by atoms with E-state index in [1.165, 1.54) is 0 Å². The van der Waals surface area contributed by atoms with Crippen LogP contribution in [0.1, 0.15) is 52.9 Å². The minimum Gasteiger partial charge on any atom is -0.481 e. The second-order valence-corrected chi connectivity index (χ2v) is 6.91. The fourth-order valence-electron chi connectivity index (χ4n) is 3.43. The molecule has 114 valence electrons. The SMILES string of the molecule is CCC1C[C@H](C(=O)N(CC(C)C)C2CC2)[C@H](C(=O)O)C1. The van der Waals surface area contributed by atoms with E-state index in [0.717, 1.165) is 32.2 Å². The number of rotatable bonds is 6. The minimum atomic E-state index is -0.792. The van der Waals surface area contributed by atoms with Crippen molar-refractivity contribution in [3.05, 3.63) is 0 Å². The summed E-state index contributed by atoms with van der Waals surface area (Å²) in [7, 11) is 0. The van der Waals surface area contributed by atoms with Crippen LogP contribution in [0.2, 0.25) is 0 Å². The van der Waals surface area contributed by atoms with Crippen molar-refractivity contribution in [2.24, 2.45) is 23.7 Å². The first-order chi connectivity index (χ1) is 9.43. The Morgan fingerprint density at radius 3 is 2.25 bits per heavy atom. The van der Waals surface area contributed by atoms with Crippen LogP contribution in [0.15, 0.2) is 0 Å². The number of hydrogen-bond donors (Lipinski definition) is 1. The molecule has 0 radical (unpaired) electrons. The number of amides is 1. The summed E-state index contributed by atoms with van der Waals surface area (Å²) in [5.41, 5.74) is 0. The summed E-state index contributed by atoms with van der Waals surface area (Å²) in [6.07, 6.45) is 4.57. The van der Waals surface area contributed by atoms with Gasteiger partial charge in [-0.1, -0.05) is 27.2 Å². The van der Waals surface area contributed by atoms with Crippen LogP contribution in [-0.4, -0.2) is 34.5 Å². The van der Waals surface area contributed by atoms with E-state index in [-0.39, 0.29) is 11.8 Å². The van der Waals surface area contributed by atoms with E-state index >= 15 is 0 Å². The van der Waals surface area contributed by atoms with Crippen molar-refractivity contribution in [2.75, 3.05) is 6.54 Å². The number of aliphatic carboxylic acids is 1. The predicted octanol–water partition coefficient (Wildman–Crippen LogP) is 2.77. The van der Waals surface area contributed by atoms with Gasteiger partial charge in [-0.2, -0.15) is 0 Å². The lowest BCUT2D eigenvalue weighted by atomic mass is 9.94. The van der Waals surface area contributed by atoms with Gasteiger partial charge in [0.15, 0.2) is 0 Å². The van der Waals surface area contributed by atoms with Gasteiger partial charge in [-0.3, -0.25) is 9.59 Å². The fourth-order valence-corrected chi connectivity index (χ4v) is 3.43. The van der Waals surface area contributed by atoms with Crippen LogP contribution < -0.4 is 0 Å². The largest absolute Gasteiger partial charge is 0.481 e. The first kappa shape index (κ1) is 15.3.